The molecule has 0 bridgehead atoms. The lowest BCUT2D eigenvalue weighted by Gasteiger charge is -2.31. The summed E-state index contributed by atoms with van der Waals surface area (Å²) in [6, 6.07) is 4.11. The van der Waals surface area contributed by atoms with Crippen LogP contribution in [0.15, 0.2) is 17.5 Å². The molecule has 1 N–H and O–H groups in total. The number of thiophene rings is 1. The second-order valence-corrected chi connectivity index (χ2v) is 4.82. The second kappa shape index (κ2) is 6.23. The molecule has 1 aromatic heterocycles. The van der Waals surface area contributed by atoms with Crippen LogP contribution in [0.25, 0.3) is 0 Å². The molecular weight excluding hydrogens is 244 g/mol. The van der Waals surface area contributed by atoms with Gasteiger partial charge < -0.3 is 10.2 Å². The van der Waals surface area contributed by atoms with Gasteiger partial charge >= 0.3 is 0 Å². The van der Waals surface area contributed by atoms with Crippen molar-refractivity contribution in [3.05, 3.63) is 22.4 Å². The van der Waals surface area contributed by atoms with E-state index in [9.17, 15) is 4.79 Å². The first-order chi connectivity index (χ1) is 7.31. The molecule has 0 aliphatic carbocycles. The van der Waals surface area contributed by atoms with Gasteiger partial charge in [-0.05, 0) is 18.4 Å². The lowest BCUT2D eigenvalue weighted by Crippen LogP contribution is -2.51. The molecule has 0 unspecified atom stereocenters. The number of rotatable bonds is 4. The summed E-state index contributed by atoms with van der Waals surface area (Å²) in [5.74, 6) is 0.509. The van der Waals surface area contributed by atoms with Crippen molar-refractivity contribution in [2.75, 3.05) is 19.6 Å². The van der Waals surface area contributed by atoms with Crippen molar-refractivity contribution >= 4 is 29.7 Å². The van der Waals surface area contributed by atoms with E-state index in [0.29, 0.717) is 5.91 Å². The van der Waals surface area contributed by atoms with Crippen molar-refractivity contribution in [2.24, 2.45) is 5.92 Å². The molecule has 2 heterocycles. The molecule has 5 heteroatoms. The molecule has 1 aromatic rings. The zero-order chi connectivity index (χ0) is 10.7. The normalized spacial score (nSPS) is 15.1. The van der Waals surface area contributed by atoms with Gasteiger partial charge in [-0.25, -0.2) is 0 Å². The fourth-order valence-corrected chi connectivity index (χ4v) is 2.38. The van der Waals surface area contributed by atoms with Gasteiger partial charge in [-0.15, -0.1) is 23.7 Å². The first-order valence-electron chi connectivity index (χ1n) is 5.33. The van der Waals surface area contributed by atoms with Gasteiger partial charge in [-0.1, -0.05) is 6.07 Å². The Morgan fingerprint density at radius 1 is 1.62 bits per heavy atom. The first-order valence-corrected chi connectivity index (χ1v) is 6.21. The van der Waals surface area contributed by atoms with Gasteiger partial charge in [0.15, 0.2) is 0 Å². The van der Waals surface area contributed by atoms with E-state index in [1.54, 1.807) is 11.3 Å². The molecule has 1 aliphatic heterocycles. The Hall–Kier alpha value is -0.580. The van der Waals surface area contributed by atoms with E-state index in [1.165, 1.54) is 4.88 Å². The van der Waals surface area contributed by atoms with E-state index >= 15 is 0 Å². The van der Waals surface area contributed by atoms with Gasteiger partial charge in [-0.2, -0.15) is 0 Å². The lowest BCUT2D eigenvalue weighted by atomic mass is 10.0. The van der Waals surface area contributed by atoms with Gasteiger partial charge in [-0.3, -0.25) is 4.79 Å². The number of carbonyl (C=O) groups excluding carboxylic acids is 1. The largest absolute Gasteiger partial charge is 0.338 e. The number of hydrogen-bond donors (Lipinski definition) is 1. The minimum absolute atomic E-state index is 0. The van der Waals surface area contributed by atoms with Crippen molar-refractivity contribution in [3.8, 4) is 0 Å². The maximum atomic E-state index is 12.0. The third kappa shape index (κ3) is 2.97. The highest BCUT2D eigenvalue weighted by molar-refractivity contribution is 7.09. The van der Waals surface area contributed by atoms with Crippen LogP contribution in [0.5, 0.6) is 0 Å². The van der Waals surface area contributed by atoms with Crippen LogP contribution in [-0.4, -0.2) is 30.4 Å². The third-order valence-corrected chi connectivity index (χ3v) is 3.61. The highest BCUT2D eigenvalue weighted by Crippen LogP contribution is 2.15. The smallest absolute Gasteiger partial charge is 0.228 e. The Labute approximate surface area is 106 Å². The number of halogens is 1. The predicted octanol–water partition coefficient (Wildman–Crippen LogP) is 1.74. The molecular formula is C11H17ClN2OS. The summed E-state index contributed by atoms with van der Waals surface area (Å²) in [6.45, 7) is 5.30. The molecule has 0 saturated carbocycles. The maximum Gasteiger partial charge on any atom is 0.228 e. The molecule has 1 aliphatic rings. The standard InChI is InChI=1S/C11H16N2OS.ClH/c1-2-13(8-10-4-3-5-15-10)11(14)9-6-12-7-9;/h3-5,9,12H,2,6-8H2,1H3;1H. The van der Waals surface area contributed by atoms with Gasteiger partial charge in [0.25, 0.3) is 0 Å². The lowest BCUT2D eigenvalue weighted by molar-refractivity contribution is -0.137. The molecule has 1 fully saturated rings. The van der Waals surface area contributed by atoms with Gasteiger partial charge in [0.05, 0.1) is 12.5 Å². The first kappa shape index (κ1) is 13.5. The molecule has 1 saturated heterocycles. The zero-order valence-corrected chi connectivity index (χ0v) is 10.9. The molecule has 16 heavy (non-hydrogen) atoms. The number of hydrogen-bond acceptors (Lipinski definition) is 3. The molecule has 0 aromatic carbocycles. The van der Waals surface area contributed by atoms with Crippen LogP contribution in [0, 0.1) is 5.92 Å². The maximum absolute atomic E-state index is 12.0. The fraction of sp³-hybridized carbons (Fsp3) is 0.545. The van der Waals surface area contributed by atoms with Crippen LogP contribution in [0.4, 0.5) is 0 Å². The zero-order valence-electron chi connectivity index (χ0n) is 9.31. The van der Waals surface area contributed by atoms with E-state index < -0.39 is 0 Å². The minimum atomic E-state index is 0. The van der Waals surface area contributed by atoms with Crippen LogP contribution in [0.3, 0.4) is 0 Å². The summed E-state index contributed by atoms with van der Waals surface area (Å²) >= 11 is 1.71. The van der Waals surface area contributed by atoms with Gasteiger partial charge in [0.1, 0.15) is 0 Å². The summed E-state index contributed by atoms with van der Waals surface area (Å²) in [7, 11) is 0. The van der Waals surface area contributed by atoms with Crippen LogP contribution in [0.2, 0.25) is 0 Å². The summed E-state index contributed by atoms with van der Waals surface area (Å²) in [6.07, 6.45) is 0. The number of carbonyl (C=O) groups is 1. The van der Waals surface area contributed by atoms with Crippen molar-refractivity contribution in [3.63, 3.8) is 0 Å². The van der Waals surface area contributed by atoms with Crippen LogP contribution in [0.1, 0.15) is 11.8 Å². The highest BCUT2D eigenvalue weighted by atomic mass is 35.5. The van der Waals surface area contributed by atoms with Crippen LogP contribution < -0.4 is 5.32 Å². The summed E-state index contributed by atoms with van der Waals surface area (Å²) < 4.78 is 0. The molecule has 0 atom stereocenters. The Kier molecular flexibility index (Phi) is 5.25. The van der Waals surface area contributed by atoms with E-state index in [2.05, 4.69) is 16.8 Å². The molecule has 0 spiro atoms. The Balaban J connectivity index is 0.00000128. The molecule has 1 amide bonds. The van der Waals surface area contributed by atoms with Crippen molar-refractivity contribution in [1.29, 1.82) is 0 Å². The molecule has 2 rings (SSSR count). The van der Waals surface area contributed by atoms with Crippen molar-refractivity contribution in [2.45, 2.75) is 13.5 Å². The molecule has 90 valence electrons. The SMILES string of the molecule is CCN(Cc1cccs1)C(=O)C1CNC1.Cl. The average molecular weight is 261 g/mol. The average Bonchev–Trinajstić information content (AvgIpc) is 2.63. The van der Waals surface area contributed by atoms with Crippen molar-refractivity contribution in [1.82, 2.24) is 10.2 Å². The molecule has 0 radical (unpaired) electrons. The van der Waals surface area contributed by atoms with Crippen molar-refractivity contribution < 1.29 is 4.79 Å². The van der Waals surface area contributed by atoms with E-state index in [0.717, 1.165) is 26.2 Å². The summed E-state index contributed by atoms with van der Waals surface area (Å²) in [5, 5.41) is 5.19. The predicted molar refractivity (Wildman–Crippen MR) is 69.0 cm³/mol. The van der Waals surface area contributed by atoms with E-state index in [-0.39, 0.29) is 18.3 Å². The van der Waals surface area contributed by atoms with Gasteiger partial charge in [0, 0.05) is 24.5 Å². The Bertz CT molecular complexity index is 325. The monoisotopic (exact) mass is 260 g/mol. The minimum Gasteiger partial charge on any atom is -0.338 e. The number of amides is 1. The van der Waals surface area contributed by atoms with E-state index in [1.807, 2.05) is 17.9 Å². The fourth-order valence-electron chi connectivity index (χ4n) is 1.66. The Morgan fingerprint density at radius 3 is 2.81 bits per heavy atom. The third-order valence-electron chi connectivity index (χ3n) is 2.75. The number of nitrogens with zero attached hydrogens (tertiary/aromatic N) is 1. The topological polar surface area (TPSA) is 32.3 Å². The van der Waals surface area contributed by atoms with Crippen LogP contribution in [-0.2, 0) is 11.3 Å². The summed E-state index contributed by atoms with van der Waals surface area (Å²) in [4.78, 5) is 15.2. The second-order valence-electron chi connectivity index (χ2n) is 3.79. The molecule has 3 nitrogen and oxygen atoms in total. The van der Waals surface area contributed by atoms with E-state index in [4.69, 9.17) is 0 Å². The Morgan fingerprint density at radius 2 is 2.38 bits per heavy atom. The quantitative estimate of drug-likeness (QED) is 0.895. The number of nitrogens with one attached hydrogen (secondary N) is 1. The van der Waals surface area contributed by atoms with Crippen LogP contribution >= 0.6 is 23.7 Å². The van der Waals surface area contributed by atoms with Gasteiger partial charge in [0.2, 0.25) is 5.91 Å². The summed E-state index contributed by atoms with van der Waals surface area (Å²) in [5.41, 5.74) is 0. The highest BCUT2D eigenvalue weighted by Gasteiger charge is 2.28.